The molecule has 0 N–H and O–H groups in total. The third kappa shape index (κ3) is 4.08. The number of ether oxygens (including phenoxy) is 1. The van der Waals surface area contributed by atoms with Gasteiger partial charge in [-0.05, 0) is 24.8 Å². The summed E-state index contributed by atoms with van der Waals surface area (Å²) in [6.45, 7) is 4.29. The van der Waals surface area contributed by atoms with Gasteiger partial charge in [-0.2, -0.15) is 0 Å². The molecule has 0 aliphatic heterocycles. The van der Waals surface area contributed by atoms with Crippen LogP contribution in [0.4, 0.5) is 0 Å². The fraction of sp³-hybridized carbons (Fsp3) is 0.462. The van der Waals surface area contributed by atoms with E-state index in [1.54, 1.807) is 6.92 Å². The molecule has 0 saturated carbocycles. The van der Waals surface area contributed by atoms with E-state index in [9.17, 15) is 4.79 Å². The van der Waals surface area contributed by atoms with E-state index in [-0.39, 0.29) is 11.2 Å². The van der Waals surface area contributed by atoms with Gasteiger partial charge in [0.25, 0.3) is 11.1 Å². The van der Waals surface area contributed by atoms with Gasteiger partial charge in [-0.15, -0.1) is 21.5 Å². The van der Waals surface area contributed by atoms with Gasteiger partial charge in [-0.3, -0.25) is 4.79 Å². The molecule has 0 saturated heterocycles. The molecule has 20 heavy (non-hydrogen) atoms. The number of aromatic nitrogens is 2. The van der Waals surface area contributed by atoms with E-state index >= 15 is 0 Å². The Morgan fingerprint density at radius 1 is 1.55 bits per heavy atom. The number of esters is 1. The number of unbranched alkanes of at least 4 members (excludes halogenated alkanes) is 1. The minimum Gasteiger partial charge on any atom is -0.465 e. The van der Waals surface area contributed by atoms with Gasteiger partial charge in [0.1, 0.15) is 5.25 Å². The van der Waals surface area contributed by atoms with Gasteiger partial charge in [-0.25, -0.2) is 0 Å². The first kappa shape index (κ1) is 15.1. The number of thioether (sulfide) groups is 1. The third-order valence-electron chi connectivity index (χ3n) is 2.49. The maximum Gasteiger partial charge on any atom is 0.319 e. The molecule has 1 atom stereocenters. The zero-order chi connectivity index (χ0) is 14.4. The van der Waals surface area contributed by atoms with Crippen molar-refractivity contribution >= 4 is 29.1 Å². The number of hydrogen-bond acceptors (Lipinski definition) is 7. The van der Waals surface area contributed by atoms with Crippen LogP contribution in [-0.4, -0.2) is 28.0 Å². The molecule has 2 heterocycles. The topological polar surface area (TPSA) is 65.2 Å². The monoisotopic (exact) mass is 312 g/mol. The van der Waals surface area contributed by atoms with Crippen LogP contribution in [0.25, 0.3) is 10.8 Å². The van der Waals surface area contributed by atoms with Gasteiger partial charge in [0, 0.05) is 0 Å². The Hall–Kier alpha value is -1.34. The van der Waals surface area contributed by atoms with E-state index in [1.165, 1.54) is 23.1 Å². The molecular formula is C13H16N2O3S2. The molecule has 0 radical (unpaired) electrons. The lowest BCUT2D eigenvalue weighted by Gasteiger charge is -2.08. The lowest BCUT2D eigenvalue weighted by atomic mass is 10.4. The van der Waals surface area contributed by atoms with Crippen molar-refractivity contribution in [3.8, 4) is 10.8 Å². The molecule has 0 bridgehead atoms. The second-order valence-electron chi connectivity index (χ2n) is 4.13. The first-order chi connectivity index (χ1) is 9.70. The summed E-state index contributed by atoms with van der Waals surface area (Å²) in [5, 5.41) is 9.87. The second kappa shape index (κ2) is 7.44. The fourth-order valence-electron chi connectivity index (χ4n) is 1.39. The van der Waals surface area contributed by atoms with Crippen molar-refractivity contribution < 1.29 is 13.9 Å². The molecule has 0 amide bonds. The van der Waals surface area contributed by atoms with Crippen LogP contribution in [0, 0.1) is 0 Å². The van der Waals surface area contributed by atoms with E-state index in [1.807, 2.05) is 17.5 Å². The maximum absolute atomic E-state index is 11.7. The summed E-state index contributed by atoms with van der Waals surface area (Å²) in [6, 6.07) is 3.83. The number of rotatable bonds is 7. The van der Waals surface area contributed by atoms with E-state index in [0.29, 0.717) is 17.7 Å². The maximum atomic E-state index is 11.7. The highest BCUT2D eigenvalue weighted by Gasteiger charge is 2.20. The Morgan fingerprint density at radius 3 is 3.10 bits per heavy atom. The predicted molar refractivity (Wildman–Crippen MR) is 78.8 cm³/mol. The van der Waals surface area contributed by atoms with Crippen LogP contribution in [0.3, 0.4) is 0 Å². The smallest absolute Gasteiger partial charge is 0.319 e. The number of carbonyl (C=O) groups is 1. The van der Waals surface area contributed by atoms with Crippen molar-refractivity contribution in [3.05, 3.63) is 17.5 Å². The van der Waals surface area contributed by atoms with Crippen LogP contribution in [0.2, 0.25) is 0 Å². The minimum absolute atomic E-state index is 0.251. The highest BCUT2D eigenvalue weighted by Crippen LogP contribution is 2.28. The number of nitrogens with zero attached hydrogens (tertiary/aromatic N) is 2. The van der Waals surface area contributed by atoms with Gasteiger partial charge >= 0.3 is 5.97 Å². The van der Waals surface area contributed by atoms with E-state index in [0.717, 1.165) is 17.7 Å². The molecule has 0 aliphatic rings. The first-order valence-corrected chi connectivity index (χ1v) is 8.17. The second-order valence-corrected chi connectivity index (χ2v) is 6.37. The molecule has 7 heteroatoms. The zero-order valence-corrected chi connectivity index (χ0v) is 13.0. The summed E-state index contributed by atoms with van der Waals surface area (Å²) in [7, 11) is 0. The number of thiophene rings is 1. The quantitative estimate of drug-likeness (QED) is 0.442. The standard InChI is InChI=1S/C13H16N2O3S2/c1-3-4-7-17-12(16)9(2)20-13-15-14-11(18-13)10-6-5-8-19-10/h5-6,8-9H,3-4,7H2,1-2H3. The minimum atomic E-state index is -0.358. The number of carbonyl (C=O) groups excluding carboxylic acids is 1. The molecule has 108 valence electrons. The zero-order valence-electron chi connectivity index (χ0n) is 11.4. The summed E-state index contributed by atoms with van der Waals surface area (Å²) in [4.78, 5) is 12.6. The van der Waals surface area contributed by atoms with Crippen LogP contribution in [0.5, 0.6) is 0 Å². The molecule has 0 fully saturated rings. The fourth-order valence-corrected chi connectivity index (χ4v) is 2.72. The lowest BCUT2D eigenvalue weighted by Crippen LogP contribution is -2.17. The van der Waals surface area contributed by atoms with Crippen LogP contribution in [0.15, 0.2) is 27.2 Å². The van der Waals surface area contributed by atoms with Gasteiger partial charge in [0.05, 0.1) is 11.5 Å². The van der Waals surface area contributed by atoms with Crippen molar-refractivity contribution in [3.63, 3.8) is 0 Å². The van der Waals surface area contributed by atoms with Crippen LogP contribution in [-0.2, 0) is 9.53 Å². The summed E-state index contributed by atoms with van der Waals surface area (Å²) in [5.41, 5.74) is 0. The molecule has 0 aliphatic carbocycles. The molecule has 5 nitrogen and oxygen atoms in total. The molecule has 2 aromatic rings. The highest BCUT2D eigenvalue weighted by molar-refractivity contribution is 8.00. The van der Waals surface area contributed by atoms with Gasteiger partial charge in [-0.1, -0.05) is 31.2 Å². The Morgan fingerprint density at radius 2 is 2.40 bits per heavy atom. The molecule has 0 aromatic carbocycles. The largest absolute Gasteiger partial charge is 0.465 e. The SMILES string of the molecule is CCCCOC(=O)C(C)Sc1nnc(-c2cccs2)o1. The highest BCUT2D eigenvalue weighted by atomic mass is 32.2. The number of hydrogen-bond donors (Lipinski definition) is 0. The van der Waals surface area contributed by atoms with Crippen molar-refractivity contribution in [1.82, 2.24) is 10.2 Å². The van der Waals surface area contributed by atoms with Crippen molar-refractivity contribution in [2.24, 2.45) is 0 Å². The van der Waals surface area contributed by atoms with Gasteiger partial charge in [0.15, 0.2) is 0 Å². The Bertz CT molecular complexity index is 540. The summed E-state index contributed by atoms with van der Waals surface area (Å²) < 4.78 is 10.7. The average Bonchev–Trinajstić information content (AvgIpc) is 3.08. The average molecular weight is 312 g/mol. The molecule has 1 unspecified atom stereocenters. The summed E-state index contributed by atoms with van der Waals surface area (Å²) >= 11 is 2.75. The lowest BCUT2D eigenvalue weighted by molar-refractivity contribution is -0.142. The van der Waals surface area contributed by atoms with Crippen molar-refractivity contribution in [1.29, 1.82) is 0 Å². The first-order valence-electron chi connectivity index (χ1n) is 6.41. The Labute approximate surface area is 125 Å². The molecule has 2 aromatic heterocycles. The van der Waals surface area contributed by atoms with Gasteiger partial charge < -0.3 is 9.15 Å². The van der Waals surface area contributed by atoms with E-state index in [4.69, 9.17) is 9.15 Å². The van der Waals surface area contributed by atoms with Crippen LogP contribution < -0.4 is 0 Å². The Balaban J connectivity index is 1.88. The third-order valence-corrected chi connectivity index (χ3v) is 4.26. The van der Waals surface area contributed by atoms with Crippen LogP contribution in [0.1, 0.15) is 26.7 Å². The van der Waals surface area contributed by atoms with Crippen molar-refractivity contribution in [2.75, 3.05) is 6.61 Å². The Kier molecular flexibility index (Phi) is 5.60. The van der Waals surface area contributed by atoms with E-state index < -0.39 is 0 Å². The normalized spacial score (nSPS) is 12.3. The molecule has 2 rings (SSSR count). The molecular weight excluding hydrogens is 296 g/mol. The van der Waals surface area contributed by atoms with Gasteiger partial charge in [0.2, 0.25) is 0 Å². The van der Waals surface area contributed by atoms with Crippen LogP contribution >= 0.6 is 23.1 Å². The molecule has 0 spiro atoms. The predicted octanol–water partition coefficient (Wildman–Crippen LogP) is 3.62. The summed E-state index contributed by atoms with van der Waals surface area (Å²) in [6.07, 6.45) is 1.88. The van der Waals surface area contributed by atoms with E-state index in [2.05, 4.69) is 17.1 Å². The summed E-state index contributed by atoms with van der Waals surface area (Å²) in [5.74, 6) is 0.230. The van der Waals surface area contributed by atoms with Crippen molar-refractivity contribution in [2.45, 2.75) is 37.2 Å².